The fourth-order valence-corrected chi connectivity index (χ4v) is 4.26. The maximum atomic E-state index is 10.1. The van der Waals surface area contributed by atoms with Gasteiger partial charge in [0.15, 0.2) is 5.01 Å². The van der Waals surface area contributed by atoms with Gasteiger partial charge in [-0.2, -0.15) is 0 Å². The molecule has 3 unspecified atom stereocenters. The second-order valence-electron chi connectivity index (χ2n) is 6.67. The second-order valence-corrected chi connectivity index (χ2v) is 8.14. The summed E-state index contributed by atoms with van der Waals surface area (Å²) in [6.07, 6.45) is 5.23. The summed E-state index contributed by atoms with van der Waals surface area (Å²) in [5.41, 5.74) is 2.52. The van der Waals surface area contributed by atoms with Crippen LogP contribution in [0.5, 0.6) is 0 Å². The van der Waals surface area contributed by atoms with Gasteiger partial charge in [0.25, 0.3) is 0 Å². The number of hydrogen-bond donors (Lipinski definition) is 2. The number of aliphatic hydroxyl groups is 2. The Morgan fingerprint density at radius 3 is 2.89 bits per heavy atom. The molecule has 146 valence electrons. The molecule has 1 saturated heterocycles. The van der Waals surface area contributed by atoms with Crippen LogP contribution < -0.4 is 0 Å². The molecule has 0 radical (unpaired) electrons. The van der Waals surface area contributed by atoms with Gasteiger partial charge < -0.3 is 14.9 Å². The Bertz CT molecular complexity index is 940. The maximum absolute atomic E-state index is 10.1. The van der Waals surface area contributed by atoms with E-state index in [-0.39, 0.29) is 18.8 Å². The number of nitrogens with zero attached hydrogens (tertiary/aromatic N) is 4. The molecule has 0 amide bonds. The topological polar surface area (TPSA) is 101 Å². The van der Waals surface area contributed by atoms with Crippen molar-refractivity contribution in [3.05, 3.63) is 57.9 Å². The van der Waals surface area contributed by atoms with E-state index in [1.807, 2.05) is 18.2 Å². The summed E-state index contributed by atoms with van der Waals surface area (Å²) in [6, 6.07) is 5.70. The summed E-state index contributed by atoms with van der Waals surface area (Å²) in [4.78, 5) is 8.30. The smallest absolute Gasteiger partial charge is 0.167 e. The van der Waals surface area contributed by atoms with Gasteiger partial charge in [-0.05, 0) is 17.2 Å². The first-order valence-electron chi connectivity index (χ1n) is 8.94. The third kappa shape index (κ3) is 4.37. The first-order chi connectivity index (χ1) is 13.6. The van der Waals surface area contributed by atoms with Crippen LogP contribution >= 0.6 is 22.9 Å². The molecule has 3 aromatic rings. The summed E-state index contributed by atoms with van der Waals surface area (Å²) >= 11 is 7.85. The van der Waals surface area contributed by atoms with Gasteiger partial charge in [0.05, 0.1) is 31.1 Å². The number of halogens is 1. The standard InChI is InChI=1S/C19H19ClN4O3S/c20-15-2-1-11(17-8-13(26)7-14(10-25)27-17)5-12(15)6-18-23-24-19(28-18)16-9-21-3-4-22-16/h1-5,9,13-14,17,25-26H,6-8,10H2. The van der Waals surface area contributed by atoms with E-state index < -0.39 is 6.10 Å². The molecule has 7 nitrogen and oxygen atoms in total. The third-order valence-corrected chi connectivity index (χ3v) is 5.93. The largest absolute Gasteiger partial charge is 0.394 e. The van der Waals surface area contributed by atoms with E-state index in [1.54, 1.807) is 18.6 Å². The minimum atomic E-state index is -0.493. The van der Waals surface area contributed by atoms with Crippen molar-refractivity contribution in [3.63, 3.8) is 0 Å². The average Bonchev–Trinajstić information content (AvgIpc) is 3.18. The molecule has 3 heterocycles. The molecule has 2 aromatic heterocycles. The highest BCUT2D eigenvalue weighted by molar-refractivity contribution is 7.14. The average molecular weight is 419 g/mol. The Morgan fingerprint density at radius 1 is 1.21 bits per heavy atom. The molecule has 0 bridgehead atoms. The van der Waals surface area contributed by atoms with Crippen LogP contribution in [0.1, 0.15) is 35.1 Å². The maximum Gasteiger partial charge on any atom is 0.167 e. The molecule has 1 aliphatic heterocycles. The Morgan fingerprint density at radius 2 is 2.11 bits per heavy atom. The molecule has 1 aliphatic rings. The number of aliphatic hydroxyl groups excluding tert-OH is 2. The van der Waals surface area contributed by atoms with Gasteiger partial charge in [-0.25, -0.2) is 0 Å². The first kappa shape index (κ1) is 19.4. The molecule has 3 atom stereocenters. The van der Waals surface area contributed by atoms with Gasteiger partial charge in [-0.3, -0.25) is 9.97 Å². The molecule has 0 aliphatic carbocycles. The van der Waals surface area contributed by atoms with Crippen molar-refractivity contribution in [2.75, 3.05) is 6.61 Å². The van der Waals surface area contributed by atoms with E-state index in [2.05, 4.69) is 20.2 Å². The predicted molar refractivity (Wildman–Crippen MR) is 105 cm³/mol. The van der Waals surface area contributed by atoms with E-state index in [4.69, 9.17) is 16.3 Å². The van der Waals surface area contributed by atoms with Crippen LogP contribution in [0, 0.1) is 0 Å². The highest BCUT2D eigenvalue weighted by atomic mass is 35.5. The molecule has 1 aromatic carbocycles. The Hall–Kier alpha value is -1.97. The lowest BCUT2D eigenvalue weighted by atomic mass is 9.95. The SMILES string of the molecule is OCC1CC(O)CC(c2ccc(Cl)c(Cc3nnc(-c4cnccn4)s3)c2)O1. The van der Waals surface area contributed by atoms with E-state index in [0.29, 0.717) is 35.0 Å². The highest BCUT2D eigenvalue weighted by Gasteiger charge is 2.29. The van der Waals surface area contributed by atoms with Crippen LogP contribution in [0.15, 0.2) is 36.8 Å². The van der Waals surface area contributed by atoms with Crippen molar-refractivity contribution < 1.29 is 14.9 Å². The van der Waals surface area contributed by atoms with Gasteiger partial charge in [0.1, 0.15) is 10.7 Å². The Kier molecular flexibility index (Phi) is 5.93. The highest BCUT2D eigenvalue weighted by Crippen LogP contribution is 2.34. The Labute approximate surface area is 171 Å². The van der Waals surface area contributed by atoms with Gasteiger partial charge in [0, 0.05) is 36.7 Å². The number of hydrogen-bond acceptors (Lipinski definition) is 8. The van der Waals surface area contributed by atoms with Crippen molar-refractivity contribution in [3.8, 4) is 10.7 Å². The molecular weight excluding hydrogens is 400 g/mol. The van der Waals surface area contributed by atoms with Crippen LogP contribution in [0.25, 0.3) is 10.7 Å². The summed E-state index contributed by atoms with van der Waals surface area (Å²) in [5, 5.41) is 30.0. The van der Waals surface area contributed by atoms with E-state index in [9.17, 15) is 10.2 Å². The van der Waals surface area contributed by atoms with Crippen molar-refractivity contribution in [1.82, 2.24) is 20.2 Å². The first-order valence-corrected chi connectivity index (χ1v) is 10.1. The molecule has 2 N–H and O–H groups in total. The van der Waals surface area contributed by atoms with Crippen LogP contribution in [0.3, 0.4) is 0 Å². The van der Waals surface area contributed by atoms with Crippen LogP contribution in [-0.4, -0.2) is 49.2 Å². The fraction of sp³-hybridized carbons (Fsp3) is 0.368. The third-order valence-electron chi connectivity index (χ3n) is 4.61. The van der Waals surface area contributed by atoms with Gasteiger partial charge in [-0.1, -0.05) is 35.1 Å². The molecule has 0 saturated carbocycles. The minimum absolute atomic E-state index is 0.107. The molecule has 4 rings (SSSR count). The number of rotatable bonds is 5. The number of ether oxygens (including phenoxy) is 1. The number of aromatic nitrogens is 4. The van der Waals surface area contributed by atoms with E-state index >= 15 is 0 Å². The van der Waals surface area contributed by atoms with Gasteiger partial charge >= 0.3 is 0 Å². The summed E-state index contributed by atoms with van der Waals surface area (Å²) < 4.78 is 5.91. The molecule has 9 heteroatoms. The van der Waals surface area contributed by atoms with Crippen LogP contribution in [0.4, 0.5) is 0 Å². The zero-order valence-corrected chi connectivity index (χ0v) is 16.5. The lowest BCUT2D eigenvalue weighted by Gasteiger charge is -2.32. The molecule has 1 fully saturated rings. The predicted octanol–water partition coefficient (Wildman–Crippen LogP) is 2.81. The number of benzene rings is 1. The molecule has 28 heavy (non-hydrogen) atoms. The van der Waals surface area contributed by atoms with Gasteiger partial charge in [-0.15, -0.1) is 10.2 Å². The summed E-state index contributed by atoms with van der Waals surface area (Å²) in [5.74, 6) is 0. The zero-order chi connectivity index (χ0) is 19.5. The quantitative estimate of drug-likeness (QED) is 0.656. The molecular formula is C19H19ClN4O3S. The second kappa shape index (κ2) is 8.59. The zero-order valence-electron chi connectivity index (χ0n) is 14.9. The van der Waals surface area contributed by atoms with Crippen LogP contribution in [-0.2, 0) is 11.2 Å². The Balaban J connectivity index is 1.54. The van der Waals surface area contributed by atoms with E-state index in [0.717, 1.165) is 16.1 Å². The molecule has 0 spiro atoms. The van der Waals surface area contributed by atoms with Crippen molar-refractivity contribution in [2.45, 2.75) is 37.6 Å². The lowest BCUT2D eigenvalue weighted by Crippen LogP contribution is -2.33. The van der Waals surface area contributed by atoms with Crippen molar-refractivity contribution in [2.24, 2.45) is 0 Å². The fourth-order valence-electron chi connectivity index (χ4n) is 3.25. The lowest BCUT2D eigenvalue weighted by molar-refractivity contribution is -0.113. The normalized spacial score (nSPS) is 22.3. The van der Waals surface area contributed by atoms with Crippen molar-refractivity contribution >= 4 is 22.9 Å². The van der Waals surface area contributed by atoms with Crippen LogP contribution in [0.2, 0.25) is 5.02 Å². The monoisotopic (exact) mass is 418 g/mol. The van der Waals surface area contributed by atoms with Gasteiger partial charge in [0.2, 0.25) is 0 Å². The van der Waals surface area contributed by atoms with E-state index in [1.165, 1.54) is 11.3 Å². The van der Waals surface area contributed by atoms with Crippen molar-refractivity contribution in [1.29, 1.82) is 0 Å². The summed E-state index contributed by atoms with van der Waals surface area (Å²) in [7, 11) is 0. The summed E-state index contributed by atoms with van der Waals surface area (Å²) in [6.45, 7) is -0.107. The minimum Gasteiger partial charge on any atom is -0.394 e.